The van der Waals surface area contributed by atoms with E-state index < -0.39 is 6.04 Å². The number of halogens is 1. The highest BCUT2D eigenvalue weighted by molar-refractivity contribution is 5.95. The Labute approximate surface area is 130 Å². The van der Waals surface area contributed by atoms with Gasteiger partial charge in [0.25, 0.3) is 0 Å². The van der Waals surface area contributed by atoms with Crippen LogP contribution >= 0.6 is 12.4 Å². The number of hydrogen-bond acceptors (Lipinski definition) is 4. The predicted octanol–water partition coefficient (Wildman–Crippen LogP) is 1.78. The van der Waals surface area contributed by atoms with Gasteiger partial charge in [-0.2, -0.15) is 0 Å². The lowest BCUT2D eigenvalue weighted by Gasteiger charge is -2.12. The molecule has 0 aliphatic rings. The van der Waals surface area contributed by atoms with E-state index in [-0.39, 0.29) is 24.9 Å². The molecule has 6 nitrogen and oxygen atoms in total. The van der Waals surface area contributed by atoms with Crippen LogP contribution in [0.15, 0.2) is 24.3 Å². The molecule has 21 heavy (non-hydrogen) atoms. The summed E-state index contributed by atoms with van der Waals surface area (Å²) in [6.45, 7) is 3.05. The van der Waals surface area contributed by atoms with Crippen LogP contribution in [0, 0.1) is 0 Å². The smallest absolute Gasteiger partial charge is 0.245 e. The maximum absolute atomic E-state index is 12.0. The minimum atomic E-state index is -0.699. The molecule has 3 N–H and O–H groups in total. The van der Waals surface area contributed by atoms with Crippen molar-refractivity contribution in [3.05, 3.63) is 24.3 Å². The summed E-state index contributed by atoms with van der Waals surface area (Å²) in [5, 5.41) is 2.78. The zero-order valence-electron chi connectivity index (χ0n) is 12.2. The van der Waals surface area contributed by atoms with Crippen molar-refractivity contribution in [2.75, 3.05) is 19.0 Å². The molecule has 0 fully saturated rings. The summed E-state index contributed by atoms with van der Waals surface area (Å²) < 4.78 is 6.88. The molecule has 116 valence electrons. The van der Waals surface area contributed by atoms with E-state index in [2.05, 4.69) is 17.2 Å². The minimum absolute atomic E-state index is 0. The summed E-state index contributed by atoms with van der Waals surface area (Å²) in [6, 6.07) is 7.09. The second kappa shape index (κ2) is 7.97. The zero-order valence-corrected chi connectivity index (χ0v) is 13.0. The van der Waals surface area contributed by atoms with Crippen molar-refractivity contribution in [3.63, 3.8) is 0 Å². The van der Waals surface area contributed by atoms with Gasteiger partial charge in [-0.3, -0.25) is 10.1 Å². The standard InChI is InChI=1S/C14H20N4O2.ClH/c1-3-8-18-12-7-5-4-6-11(12)16-14(18)17-13(19)10(15)9-20-2;/h4-7,10H,3,8-9,15H2,1-2H3,(H,16,17,19);1H. The van der Waals surface area contributed by atoms with E-state index in [9.17, 15) is 4.79 Å². The first-order valence-corrected chi connectivity index (χ1v) is 6.68. The van der Waals surface area contributed by atoms with Crippen molar-refractivity contribution in [1.82, 2.24) is 9.55 Å². The SMILES string of the molecule is CCCn1c(NC(=O)C(N)COC)nc2ccccc21.Cl. The maximum atomic E-state index is 12.0. The Balaban J connectivity index is 0.00000220. The van der Waals surface area contributed by atoms with Gasteiger partial charge < -0.3 is 15.0 Å². The number of carbonyl (C=O) groups is 1. The van der Waals surface area contributed by atoms with E-state index in [1.165, 1.54) is 7.11 Å². The number of hydrogen-bond donors (Lipinski definition) is 2. The van der Waals surface area contributed by atoms with Crippen LogP contribution in [-0.2, 0) is 16.1 Å². The Morgan fingerprint density at radius 3 is 2.86 bits per heavy atom. The summed E-state index contributed by atoms with van der Waals surface area (Å²) in [7, 11) is 1.51. The zero-order chi connectivity index (χ0) is 14.5. The van der Waals surface area contributed by atoms with E-state index in [0.717, 1.165) is 24.0 Å². The van der Waals surface area contributed by atoms with Gasteiger partial charge in [0, 0.05) is 13.7 Å². The number of ether oxygens (including phenoxy) is 1. The number of methoxy groups -OCH3 is 1. The lowest BCUT2D eigenvalue weighted by molar-refractivity contribution is -0.118. The minimum Gasteiger partial charge on any atom is -0.383 e. The number of aryl methyl sites for hydroxylation is 1. The predicted molar refractivity (Wildman–Crippen MR) is 85.8 cm³/mol. The van der Waals surface area contributed by atoms with Gasteiger partial charge in [-0.25, -0.2) is 4.98 Å². The number of anilines is 1. The van der Waals surface area contributed by atoms with E-state index in [4.69, 9.17) is 10.5 Å². The second-order valence-corrected chi connectivity index (χ2v) is 4.63. The van der Waals surface area contributed by atoms with Crippen molar-refractivity contribution in [2.45, 2.75) is 25.9 Å². The Morgan fingerprint density at radius 1 is 1.48 bits per heavy atom. The van der Waals surface area contributed by atoms with Crippen LogP contribution in [0.3, 0.4) is 0 Å². The largest absolute Gasteiger partial charge is 0.383 e. The molecule has 0 saturated heterocycles. The van der Waals surface area contributed by atoms with Crippen LogP contribution in [-0.4, -0.2) is 35.2 Å². The summed E-state index contributed by atoms with van der Waals surface area (Å²) in [6.07, 6.45) is 0.952. The number of nitrogens with two attached hydrogens (primary N) is 1. The number of aromatic nitrogens is 2. The molecular weight excluding hydrogens is 292 g/mol. The molecule has 7 heteroatoms. The molecular formula is C14H21ClN4O2. The van der Waals surface area contributed by atoms with E-state index in [0.29, 0.717) is 5.95 Å². The number of amides is 1. The van der Waals surface area contributed by atoms with Gasteiger partial charge in [-0.15, -0.1) is 12.4 Å². The van der Waals surface area contributed by atoms with Gasteiger partial charge in [0.15, 0.2) is 0 Å². The number of nitrogens with zero attached hydrogens (tertiary/aromatic N) is 2. The average molecular weight is 313 g/mol. The summed E-state index contributed by atoms with van der Waals surface area (Å²) in [4.78, 5) is 16.4. The van der Waals surface area contributed by atoms with Gasteiger partial charge in [0.05, 0.1) is 17.6 Å². The molecule has 0 saturated carbocycles. The number of nitrogens with one attached hydrogen (secondary N) is 1. The fourth-order valence-corrected chi connectivity index (χ4v) is 2.08. The van der Waals surface area contributed by atoms with Crippen LogP contribution in [0.1, 0.15) is 13.3 Å². The molecule has 1 atom stereocenters. The number of imidazole rings is 1. The summed E-state index contributed by atoms with van der Waals surface area (Å²) in [5.41, 5.74) is 7.58. The number of fused-ring (bicyclic) bond motifs is 1. The fraction of sp³-hybridized carbons (Fsp3) is 0.429. The number of benzene rings is 1. The van der Waals surface area contributed by atoms with Crippen molar-refractivity contribution >= 4 is 35.3 Å². The Bertz CT molecular complexity index is 600. The first kappa shape index (κ1) is 17.4. The first-order chi connectivity index (χ1) is 9.67. The maximum Gasteiger partial charge on any atom is 0.245 e. The number of para-hydroxylation sites is 2. The Hall–Kier alpha value is -1.63. The Kier molecular flexibility index (Phi) is 6.61. The number of rotatable bonds is 6. The van der Waals surface area contributed by atoms with Gasteiger partial charge in [0.1, 0.15) is 6.04 Å². The van der Waals surface area contributed by atoms with E-state index in [1.807, 2.05) is 28.8 Å². The van der Waals surface area contributed by atoms with Gasteiger partial charge in [-0.05, 0) is 18.6 Å². The molecule has 0 bridgehead atoms. The average Bonchev–Trinajstić information content (AvgIpc) is 2.78. The molecule has 1 heterocycles. The molecule has 0 aliphatic heterocycles. The van der Waals surface area contributed by atoms with Crippen LogP contribution in [0.5, 0.6) is 0 Å². The molecule has 1 unspecified atom stereocenters. The molecule has 0 aliphatic carbocycles. The van der Waals surface area contributed by atoms with Crippen LogP contribution in [0.2, 0.25) is 0 Å². The molecule has 0 spiro atoms. The third-order valence-corrected chi connectivity index (χ3v) is 3.02. The highest BCUT2D eigenvalue weighted by atomic mass is 35.5. The second-order valence-electron chi connectivity index (χ2n) is 4.63. The molecule has 0 radical (unpaired) electrons. The molecule has 1 amide bonds. The number of carbonyl (C=O) groups excluding carboxylic acids is 1. The van der Waals surface area contributed by atoms with Crippen LogP contribution in [0.25, 0.3) is 11.0 Å². The lowest BCUT2D eigenvalue weighted by Crippen LogP contribution is -2.39. The summed E-state index contributed by atoms with van der Waals surface area (Å²) in [5.74, 6) is 0.240. The van der Waals surface area contributed by atoms with E-state index in [1.54, 1.807) is 0 Å². The quantitative estimate of drug-likeness (QED) is 0.852. The van der Waals surface area contributed by atoms with Crippen molar-refractivity contribution in [2.24, 2.45) is 5.73 Å². The summed E-state index contributed by atoms with van der Waals surface area (Å²) >= 11 is 0. The normalized spacial score (nSPS) is 12.0. The molecule has 1 aromatic carbocycles. The highest BCUT2D eigenvalue weighted by Crippen LogP contribution is 2.20. The topological polar surface area (TPSA) is 82.2 Å². The van der Waals surface area contributed by atoms with Crippen LogP contribution < -0.4 is 11.1 Å². The highest BCUT2D eigenvalue weighted by Gasteiger charge is 2.17. The van der Waals surface area contributed by atoms with Gasteiger partial charge in [0.2, 0.25) is 11.9 Å². The molecule has 2 rings (SSSR count). The lowest BCUT2D eigenvalue weighted by atomic mass is 10.3. The van der Waals surface area contributed by atoms with Crippen molar-refractivity contribution in [1.29, 1.82) is 0 Å². The van der Waals surface area contributed by atoms with Crippen molar-refractivity contribution < 1.29 is 9.53 Å². The molecule has 1 aromatic heterocycles. The third kappa shape index (κ3) is 3.93. The van der Waals surface area contributed by atoms with Crippen LogP contribution in [0.4, 0.5) is 5.95 Å². The molecule has 2 aromatic rings. The van der Waals surface area contributed by atoms with E-state index >= 15 is 0 Å². The van der Waals surface area contributed by atoms with Crippen molar-refractivity contribution in [3.8, 4) is 0 Å². The van der Waals surface area contributed by atoms with Gasteiger partial charge >= 0.3 is 0 Å². The monoisotopic (exact) mass is 312 g/mol. The third-order valence-electron chi connectivity index (χ3n) is 3.02. The van der Waals surface area contributed by atoms with Gasteiger partial charge in [-0.1, -0.05) is 19.1 Å². The first-order valence-electron chi connectivity index (χ1n) is 6.68. The fourth-order valence-electron chi connectivity index (χ4n) is 2.08. The Morgan fingerprint density at radius 2 is 2.19 bits per heavy atom.